The number of hydrogen-bond donors (Lipinski definition) is 0. The van der Waals surface area contributed by atoms with Crippen LogP contribution in [0.2, 0.25) is 0 Å². The van der Waals surface area contributed by atoms with E-state index in [1.165, 1.54) is 0 Å². The van der Waals surface area contributed by atoms with Crippen LogP contribution in [0.25, 0.3) is 108 Å². The largest absolute Gasteiger partial charge is 0.310 e. The molecule has 15 rings (SSSR count). The monoisotopic (exact) mass is 941 g/mol. The summed E-state index contributed by atoms with van der Waals surface area (Å²) in [5, 5.41) is 3.79. The van der Waals surface area contributed by atoms with Crippen LogP contribution in [0.1, 0.15) is 38.4 Å². The standard InChI is InChI=1S/C70H44N2/c1-5-17-49-37-53(29-25-45(49)13-1)71(54-30-26-46-14-2-6-18-50(46)38-54)57-33-35-63-65(41-57)59-21-9-11-23-61(59)67-44-70-64-36-34-58(42-66(64)60-22-10-12-24-62(60)68(70)43-69(63)67)72(55-31-27-47-15-3-7-19-51(47)39-55)56-32-28-48-16-4-8-20-52(48)40-56/h1-44H/i1D,2D,3D,4D,5D,6D,7D,8D,13D,14D,15D,16D,17D,18D,19D,20D,25D,26D,27D,28D,29D,30D,31D,32D,37D,38D,39D,40D. The van der Waals surface area contributed by atoms with Crippen molar-refractivity contribution in [1.82, 2.24) is 0 Å². The van der Waals surface area contributed by atoms with Crippen molar-refractivity contribution in [2.45, 2.75) is 0 Å². The Balaban J connectivity index is 1.02. The molecule has 0 aliphatic rings. The molecule has 0 bridgehead atoms. The van der Waals surface area contributed by atoms with Crippen LogP contribution in [-0.4, -0.2) is 0 Å². The first-order valence-electron chi connectivity index (χ1n) is 36.6. The van der Waals surface area contributed by atoms with Gasteiger partial charge in [0.15, 0.2) is 0 Å². The molecule has 0 saturated heterocycles. The van der Waals surface area contributed by atoms with E-state index in [4.69, 9.17) is 21.9 Å². The van der Waals surface area contributed by atoms with Crippen molar-refractivity contribution < 1.29 is 38.4 Å². The van der Waals surface area contributed by atoms with Gasteiger partial charge in [-0.15, -0.1) is 0 Å². The molecule has 0 saturated carbocycles. The minimum atomic E-state index is -0.774. The van der Waals surface area contributed by atoms with Gasteiger partial charge in [0, 0.05) is 34.1 Å². The van der Waals surface area contributed by atoms with E-state index >= 15 is 0 Å². The average Bonchev–Trinajstić information content (AvgIpc) is 0.723. The molecule has 334 valence electrons. The number of fused-ring (bicyclic) bond motifs is 16. The van der Waals surface area contributed by atoms with Crippen LogP contribution < -0.4 is 9.80 Å². The SMILES string of the molecule is [2H]c1c([2H])c([2H])c2c([2H])c(N(c3ccc4c(c3)c3ccccc3c3cc5c6ccc(N(c7c([2H])c([2H])c8c([2H])c([2H])c([2H])c([2H])c8c7[2H])c7c([2H])c([2H])c8c([2H])c([2H])c([2H])c([2H])c8c7[2H])cc6c6ccccc6c5cc43)c3c([2H])c([2H])c4c([2H])c([2H])c([2H])c([2H])c4c3[2H])c([2H])c([2H])c2c1[2H]. The fourth-order valence-electron chi connectivity index (χ4n) is 9.93. The zero-order valence-electron chi connectivity index (χ0n) is 65.1. The van der Waals surface area contributed by atoms with Crippen LogP contribution in [0.4, 0.5) is 34.1 Å². The van der Waals surface area contributed by atoms with Crippen LogP contribution in [0.15, 0.2) is 266 Å². The molecule has 15 aromatic rings. The van der Waals surface area contributed by atoms with Crippen molar-refractivity contribution in [2.24, 2.45) is 0 Å². The van der Waals surface area contributed by atoms with E-state index in [-0.39, 0.29) is 11.4 Å². The van der Waals surface area contributed by atoms with Crippen LogP contribution in [0, 0.1) is 0 Å². The van der Waals surface area contributed by atoms with E-state index in [9.17, 15) is 16.4 Å². The first-order valence-corrected chi connectivity index (χ1v) is 22.6. The second-order valence-electron chi connectivity index (χ2n) is 17.1. The summed E-state index contributed by atoms with van der Waals surface area (Å²) in [6.07, 6.45) is 0. The summed E-state index contributed by atoms with van der Waals surface area (Å²) in [7, 11) is 0. The molecular weight excluding hydrogens is 869 g/mol. The van der Waals surface area contributed by atoms with Crippen molar-refractivity contribution >= 4 is 142 Å². The molecule has 2 nitrogen and oxygen atoms in total. The molecule has 0 spiro atoms. The molecule has 0 N–H and O–H groups in total. The first kappa shape index (κ1) is 21.6. The van der Waals surface area contributed by atoms with Gasteiger partial charge < -0.3 is 9.80 Å². The predicted octanol–water partition coefficient (Wildman–Crippen LogP) is 20.2. The maximum absolute atomic E-state index is 9.80. The van der Waals surface area contributed by atoms with E-state index in [0.717, 1.165) is 9.80 Å². The maximum Gasteiger partial charge on any atom is 0.0651 e. The molecule has 0 aliphatic carbocycles. The lowest BCUT2D eigenvalue weighted by molar-refractivity contribution is 1.30. The summed E-state index contributed by atoms with van der Waals surface area (Å²) in [6, 6.07) is 7.91. The Kier molecular flexibility index (Phi) is 4.82. The van der Waals surface area contributed by atoms with E-state index in [0.29, 0.717) is 64.6 Å². The van der Waals surface area contributed by atoms with Crippen LogP contribution in [-0.2, 0) is 0 Å². The summed E-state index contributed by atoms with van der Waals surface area (Å²) in [6.45, 7) is 0. The highest BCUT2D eigenvalue weighted by Gasteiger charge is 2.20. The van der Waals surface area contributed by atoms with Gasteiger partial charge in [-0.05, 0) is 192 Å². The highest BCUT2D eigenvalue weighted by atomic mass is 15.1. The quantitative estimate of drug-likeness (QED) is 0.121. The number of anilines is 6. The van der Waals surface area contributed by atoms with Gasteiger partial charge in [0.25, 0.3) is 0 Å². The van der Waals surface area contributed by atoms with E-state index < -0.39 is 235 Å². The van der Waals surface area contributed by atoms with Crippen molar-refractivity contribution in [3.63, 3.8) is 0 Å². The summed E-state index contributed by atoms with van der Waals surface area (Å²) in [5.41, 5.74) is -2.18. The zero-order valence-corrected chi connectivity index (χ0v) is 37.1. The lowest BCUT2D eigenvalue weighted by atomic mass is 9.88. The molecule has 72 heavy (non-hydrogen) atoms. The van der Waals surface area contributed by atoms with E-state index in [1.807, 2.05) is 48.5 Å². The Morgan fingerprint density at radius 1 is 0.208 bits per heavy atom. The fraction of sp³-hybridized carbons (Fsp3) is 0. The van der Waals surface area contributed by atoms with Gasteiger partial charge in [0.2, 0.25) is 0 Å². The molecule has 0 amide bonds. The fourth-order valence-corrected chi connectivity index (χ4v) is 9.93. The molecular formula is C70H44N2. The first-order chi connectivity index (χ1) is 47.4. The van der Waals surface area contributed by atoms with E-state index in [2.05, 4.69) is 0 Å². The Morgan fingerprint density at radius 2 is 0.458 bits per heavy atom. The van der Waals surface area contributed by atoms with Gasteiger partial charge in [-0.2, -0.15) is 0 Å². The van der Waals surface area contributed by atoms with Crippen LogP contribution in [0.3, 0.4) is 0 Å². The number of nitrogens with zero attached hydrogens (tertiary/aromatic N) is 2. The topological polar surface area (TPSA) is 6.48 Å². The van der Waals surface area contributed by atoms with Crippen molar-refractivity contribution in [2.75, 3.05) is 9.80 Å². The van der Waals surface area contributed by atoms with Crippen molar-refractivity contribution in [3.05, 3.63) is 266 Å². The predicted molar refractivity (Wildman–Crippen MR) is 311 cm³/mol. The van der Waals surface area contributed by atoms with Crippen molar-refractivity contribution in [1.29, 1.82) is 0 Å². The molecule has 2 heteroatoms. The molecule has 0 fully saturated rings. The Bertz CT molecular complexity index is 5790. The van der Waals surface area contributed by atoms with Crippen LogP contribution in [0.5, 0.6) is 0 Å². The molecule has 0 unspecified atom stereocenters. The van der Waals surface area contributed by atoms with Crippen molar-refractivity contribution in [3.8, 4) is 0 Å². The van der Waals surface area contributed by atoms with Gasteiger partial charge in [0.05, 0.1) is 38.4 Å². The Morgan fingerprint density at radius 3 is 0.750 bits per heavy atom. The van der Waals surface area contributed by atoms with Gasteiger partial charge in [-0.25, -0.2) is 0 Å². The molecule has 0 heterocycles. The summed E-state index contributed by atoms with van der Waals surface area (Å²) in [4.78, 5) is 2.18. The smallest absolute Gasteiger partial charge is 0.0651 e. The van der Waals surface area contributed by atoms with Gasteiger partial charge in [0.1, 0.15) is 0 Å². The maximum atomic E-state index is 9.80. The molecule has 0 aromatic heterocycles. The lowest BCUT2D eigenvalue weighted by Gasteiger charge is -2.27. The minimum Gasteiger partial charge on any atom is -0.310 e. The molecule has 15 aromatic carbocycles. The average molecular weight is 941 g/mol. The summed E-state index contributed by atoms with van der Waals surface area (Å²) >= 11 is 0. The summed E-state index contributed by atoms with van der Waals surface area (Å²) in [5.74, 6) is 0. The molecule has 0 aliphatic heterocycles. The van der Waals surface area contributed by atoms with Gasteiger partial charge in [-0.3, -0.25) is 0 Å². The lowest BCUT2D eigenvalue weighted by Crippen LogP contribution is -2.10. The third kappa shape index (κ3) is 6.43. The third-order valence-corrected chi connectivity index (χ3v) is 13.1. The Hall–Kier alpha value is -9.50. The third-order valence-electron chi connectivity index (χ3n) is 13.1. The van der Waals surface area contributed by atoms with E-state index in [1.54, 1.807) is 48.5 Å². The molecule has 0 radical (unpaired) electrons. The Labute approximate surface area is 455 Å². The minimum absolute atomic E-state index is 0.00602. The highest BCUT2D eigenvalue weighted by Crippen LogP contribution is 2.47. The zero-order chi connectivity index (χ0) is 71.6. The normalized spacial score (nSPS) is 17.3. The number of hydrogen-bond acceptors (Lipinski definition) is 2. The highest BCUT2D eigenvalue weighted by molar-refractivity contribution is 6.33. The van der Waals surface area contributed by atoms with Gasteiger partial charge >= 0.3 is 0 Å². The second kappa shape index (κ2) is 16.0. The van der Waals surface area contributed by atoms with Crippen LogP contribution >= 0.6 is 0 Å². The summed E-state index contributed by atoms with van der Waals surface area (Å²) < 4.78 is 254. The number of rotatable bonds is 6. The number of benzene rings is 15. The second-order valence-corrected chi connectivity index (χ2v) is 17.1. The molecule has 0 atom stereocenters. The van der Waals surface area contributed by atoms with Gasteiger partial charge in [-0.1, -0.05) is 182 Å².